The van der Waals surface area contributed by atoms with E-state index in [0.717, 1.165) is 32.5 Å². The van der Waals surface area contributed by atoms with Crippen LogP contribution in [0.5, 0.6) is 0 Å². The van der Waals surface area contributed by atoms with Crippen molar-refractivity contribution < 1.29 is 9.90 Å². The number of nitrogens with zero attached hydrogens (tertiary/aromatic N) is 4. The molecule has 2 rings (SSSR count). The maximum Gasteiger partial charge on any atom is 0.241 e. The molecular formula is C12H21N5O2. The summed E-state index contributed by atoms with van der Waals surface area (Å²) < 4.78 is 1.51. The Balaban J connectivity index is 1.68. The summed E-state index contributed by atoms with van der Waals surface area (Å²) in [6.07, 6.45) is 5.49. The third kappa shape index (κ3) is 4.60. The standard InChI is InChI=1S/C12H21N5O2/c18-7-6-16-4-1-2-11(9-16)8-13-12(19)10-17-5-3-14-15-17/h3,5,11,18H,1-2,4,6-10H2,(H,13,19)/t11-/m1/s1. The Kier molecular flexibility index (Phi) is 5.29. The molecule has 1 aromatic heterocycles. The predicted molar refractivity (Wildman–Crippen MR) is 69.3 cm³/mol. The largest absolute Gasteiger partial charge is 0.395 e. The summed E-state index contributed by atoms with van der Waals surface area (Å²) in [5, 5.41) is 19.3. The minimum Gasteiger partial charge on any atom is -0.395 e. The monoisotopic (exact) mass is 267 g/mol. The Morgan fingerprint density at radius 3 is 3.16 bits per heavy atom. The molecular weight excluding hydrogens is 246 g/mol. The molecule has 0 aromatic carbocycles. The maximum atomic E-state index is 11.7. The van der Waals surface area contributed by atoms with Crippen molar-refractivity contribution in [1.82, 2.24) is 25.2 Å². The molecule has 0 aliphatic carbocycles. The topological polar surface area (TPSA) is 83.3 Å². The van der Waals surface area contributed by atoms with Gasteiger partial charge in [0.1, 0.15) is 6.54 Å². The zero-order chi connectivity index (χ0) is 13.5. The minimum atomic E-state index is -0.0372. The Hall–Kier alpha value is -1.47. The van der Waals surface area contributed by atoms with Crippen LogP contribution in [0.3, 0.4) is 0 Å². The van der Waals surface area contributed by atoms with E-state index in [1.165, 1.54) is 4.68 Å². The number of β-amino-alcohol motifs (C(OH)–C–C–N with tert-alkyl or cyclic N) is 1. The molecule has 106 valence electrons. The summed E-state index contributed by atoms with van der Waals surface area (Å²) in [7, 11) is 0. The van der Waals surface area contributed by atoms with E-state index in [9.17, 15) is 4.79 Å². The molecule has 2 heterocycles. The lowest BCUT2D eigenvalue weighted by Crippen LogP contribution is -2.42. The molecule has 0 unspecified atom stereocenters. The van der Waals surface area contributed by atoms with E-state index in [1.807, 2.05) is 0 Å². The summed E-state index contributed by atoms with van der Waals surface area (Å²) in [6.45, 7) is 3.82. The summed E-state index contributed by atoms with van der Waals surface area (Å²) in [6, 6.07) is 0. The highest BCUT2D eigenvalue weighted by molar-refractivity contribution is 5.75. The second-order valence-corrected chi connectivity index (χ2v) is 4.94. The third-order valence-corrected chi connectivity index (χ3v) is 3.38. The van der Waals surface area contributed by atoms with Gasteiger partial charge in [-0.25, -0.2) is 4.68 Å². The van der Waals surface area contributed by atoms with E-state index in [-0.39, 0.29) is 19.1 Å². The van der Waals surface area contributed by atoms with Gasteiger partial charge in [-0.3, -0.25) is 4.79 Å². The van der Waals surface area contributed by atoms with Crippen LogP contribution in [0, 0.1) is 5.92 Å². The van der Waals surface area contributed by atoms with E-state index in [4.69, 9.17) is 5.11 Å². The normalized spacial score (nSPS) is 20.4. The van der Waals surface area contributed by atoms with Gasteiger partial charge in [-0.2, -0.15) is 0 Å². The molecule has 1 saturated heterocycles. The molecule has 7 nitrogen and oxygen atoms in total. The van der Waals surface area contributed by atoms with Gasteiger partial charge in [0.15, 0.2) is 0 Å². The average molecular weight is 267 g/mol. The van der Waals surface area contributed by atoms with Crippen LogP contribution in [-0.4, -0.2) is 63.7 Å². The van der Waals surface area contributed by atoms with Gasteiger partial charge in [-0.15, -0.1) is 5.10 Å². The van der Waals surface area contributed by atoms with Gasteiger partial charge in [-0.05, 0) is 25.3 Å². The lowest BCUT2D eigenvalue weighted by molar-refractivity contribution is -0.122. The Labute approximate surface area is 112 Å². The zero-order valence-electron chi connectivity index (χ0n) is 11.0. The second kappa shape index (κ2) is 7.20. The molecule has 1 amide bonds. The first-order valence-corrected chi connectivity index (χ1v) is 6.72. The first kappa shape index (κ1) is 14.0. The first-order chi connectivity index (χ1) is 9.28. The van der Waals surface area contributed by atoms with E-state index in [2.05, 4.69) is 20.5 Å². The number of nitrogens with one attached hydrogen (secondary N) is 1. The fourth-order valence-corrected chi connectivity index (χ4v) is 2.44. The van der Waals surface area contributed by atoms with Crippen LogP contribution in [0.15, 0.2) is 12.4 Å². The summed E-state index contributed by atoms with van der Waals surface area (Å²) in [4.78, 5) is 14.0. The minimum absolute atomic E-state index is 0.0372. The molecule has 0 radical (unpaired) electrons. The van der Waals surface area contributed by atoms with E-state index < -0.39 is 0 Å². The van der Waals surface area contributed by atoms with Crippen molar-refractivity contribution in [2.24, 2.45) is 5.92 Å². The van der Waals surface area contributed by atoms with Crippen LogP contribution in [0.2, 0.25) is 0 Å². The number of carbonyl (C=O) groups excluding carboxylic acids is 1. The van der Waals surface area contributed by atoms with Crippen LogP contribution in [-0.2, 0) is 11.3 Å². The zero-order valence-corrected chi connectivity index (χ0v) is 11.0. The highest BCUT2D eigenvalue weighted by atomic mass is 16.3. The Morgan fingerprint density at radius 1 is 1.53 bits per heavy atom. The Bertz CT molecular complexity index is 379. The number of likely N-dealkylation sites (tertiary alicyclic amines) is 1. The number of piperidine rings is 1. The summed E-state index contributed by atoms with van der Waals surface area (Å²) in [5.74, 6) is 0.435. The number of aliphatic hydroxyl groups is 1. The molecule has 19 heavy (non-hydrogen) atoms. The number of hydrogen-bond acceptors (Lipinski definition) is 5. The molecule has 1 aliphatic heterocycles. The van der Waals surface area contributed by atoms with Gasteiger partial charge in [0.2, 0.25) is 5.91 Å². The van der Waals surface area contributed by atoms with E-state index in [1.54, 1.807) is 12.4 Å². The molecule has 1 fully saturated rings. The van der Waals surface area contributed by atoms with Crippen LogP contribution in [0.25, 0.3) is 0 Å². The van der Waals surface area contributed by atoms with Crippen molar-refractivity contribution in [2.45, 2.75) is 19.4 Å². The van der Waals surface area contributed by atoms with Gasteiger partial charge in [0.05, 0.1) is 12.8 Å². The van der Waals surface area contributed by atoms with Gasteiger partial charge in [0, 0.05) is 25.8 Å². The second-order valence-electron chi connectivity index (χ2n) is 4.94. The molecule has 0 saturated carbocycles. The summed E-state index contributed by atoms with van der Waals surface area (Å²) in [5.41, 5.74) is 0. The molecule has 7 heteroatoms. The van der Waals surface area contributed by atoms with Crippen LogP contribution < -0.4 is 5.32 Å². The van der Waals surface area contributed by atoms with E-state index in [0.29, 0.717) is 12.5 Å². The lowest BCUT2D eigenvalue weighted by Gasteiger charge is -2.32. The number of aromatic nitrogens is 3. The van der Waals surface area contributed by atoms with E-state index >= 15 is 0 Å². The number of carbonyl (C=O) groups is 1. The lowest BCUT2D eigenvalue weighted by atomic mass is 9.98. The molecule has 2 N–H and O–H groups in total. The van der Waals surface area contributed by atoms with Gasteiger partial charge in [-0.1, -0.05) is 5.21 Å². The maximum absolute atomic E-state index is 11.7. The number of rotatable bonds is 6. The molecule has 1 aliphatic rings. The highest BCUT2D eigenvalue weighted by Crippen LogP contribution is 2.15. The van der Waals surface area contributed by atoms with Crippen molar-refractivity contribution in [1.29, 1.82) is 0 Å². The predicted octanol–water partition coefficient (Wildman–Crippen LogP) is -0.901. The van der Waals surface area contributed by atoms with Crippen molar-refractivity contribution >= 4 is 5.91 Å². The fourth-order valence-electron chi connectivity index (χ4n) is 2.44. The number of aliphatic hydroxyl groups excluding tert-OH is 1. The van der Waals surface area contributed by atoms with Crippen molar-refractivity contribution in [3.05, 3.63) is 12.4 Å². The van der Waals surface area contributed by atoms with Crippen LogP contribution >= 0.6 is 0 Å². The third-order valence-electron chi connectivity index (χ3n) is 3.38. The highest BCUT2D eigenvalue weighted by Gasteiger charge is 2.19. The summed E-state index contributed by atoms with van der Waals surface area (Å²) >= 11 is 0. The first-order valence-electron chi connectivity index (χ1n) is 6.72. The van der Waals surface area contributed by atoms with Gasteiger partial charge >= 0.3 is 0 Å². The van der Waals surface area contributed by atoms with Crippen LogP contribution in [0.1, 0.15) is 12.8 Å². The molecule has 1 atom stereocenters. The van der Waals surface area contributed by atoms with Crippen LogP contribution in [0.4, 0.5) is 0 Å². The molecule has 0 spiro atoms. The molecule has 1 aromatic rings. The van der Waals surface area contributed by atoms with Crippen molar-refractivity contribution in [2.75, 3.05) is 32.8 Å². The van der Waals surface area contributed by atoms with Crippen molar-refractivity contribution in [3.8, 4) is 0 Å². The molecule has 0 bridgehead atoms. The SMILES string of the molecule is O=C(Cn1ccnn1)NC[C@H]1CCCN(CCO)C1. The van der Waals surface area contributed by atoms with Gasteiger partial charge < -0.3 is 15.3 Å². The smallest absolute Gasteiger partial charge is 0.241 e. The number of amides is 1. The van der Waals surface area contributed by atoms with Gasteiger partial charge in [0.25, 0.3) is 0 Å². The number of hydrogen-bond donors (Lipinski definition) is 2. The van der Waals surface area contributed by atoms with Crippen molar-refractivity contribution in [3.63, 3.8) is 0 Å². The quantitative estimate of drug-likeness (QED) is 0.698. The Morgan fingerprint density at radius 2 is 2.42 bits per heavy atom. The average Bonchev–Trinajstić information content (AvgIpc) is 2.90. The fraction of sp³-hybridized carbons (Fsp3) is 0.750.